The van der Waals surface area contributed by atoms with E-state index in [0.717, 1.165) is 17.9 Å². The van der Waals surface area contributed by atoms with Crippen LogP contribution >= 0.6 is 0 Å². The van der Waals surface area contributed by atoms with E-state index in [1.54, 1.807) is 16.6 Å². The number of carbonyl (C=O) groups excluding carboxylic acids is 1. The molecule has 1 aliphatic heterocycles. The molecule has 2 fully saturated rings. The first-order chi connectivity index (χ1) is 8.95. The minimum atomic E-state index is -2.50. The summed E-state index contributed by atoms with van der Waals surface area (Å²) in [6.07, 6.45) is 1.81. The van der Waals surface area contributed by atoms with Crippen molar-refractivity contribution in [1.82, 2.24) is 9.78 Å². The number of alkyl halides is 2. The van der Waals surface area contributed by atoms with Crippen molar-refractivity contribution in [2.45, 2.75) is 44.1 Å². The van der Waals surface area contributed by atoms with Crippen molar-refractivity contribution < 1.29 is 13.6 Å². The SMILES string of the molecule is CN1C(=O)CCCn2nc([C@H]3CC34CC4(F)F)cc21. The minimum Gasteiger partial charge on any atom is -0.300 e. The van der Waals surface area contributed by atoms with Crippen LogP contribution in [-0.2, 0) is 11.3 Å². The van der Waals surface area contributed by atoms with E-state index in [0.29, 0.717) is 19.4 Å². The molecule has 4 nitrogen and oxygen atoms in total. The second-order valence-electron chi connectivity index (χ2n) is 6.00. The van der Waals surface area contributed by atoms with Gasteiger partial charge in [-0.15, -0.1) is 0 Å². The molecule has 3 aliphatic rings. The number of halogens is 2. The van der Waals surface area contributed by atoms with Gasteiger partial charge in [0.2, 0.25) is 5.91 Å². The quantitative estimate of drug-likeness (QED) is 0.782. The highest BCUT2D eigenvalue weighted by Crippen LogP contribution is 2.82. The van der Waals surface area contributed by atoms with Gasteiger partial charge in [0, 0.05) is 43.8 Å². The lowest BCUT2D eigenvalue weighted by Gasteiger charge is -2.13. The summed E-state index contributed by atoms with van der Waals surface area (Å²) in [5, 5.41) is 4.45. The smallest absolute Gasteiger partial charge is 0.255 e. The molecule has 1 aromatic heterocycles. The average Bonchev–Trinajstić information content (AvgIpc) is 3.13. The van der Waals surface area contributed by atoms with Gasteiger partial charge in [-0.3, -0.25) is 4.79 Å². The number of aryl methyl sites for hydroxylation is 1. The Morgan fingerprint density at radius 1 is 1.47 bits per heavy atom. The summed E-state index contributed by atoms with van der Waals surface area (Å²) in [6.45, 7) is 0.682. The fourth-order valence-corrected chi connectivity index (χ4v) is 3.35. The second-order valence-corrected chi connectivity index (χ2v) is 6.00. The van der Waals surface area contributed by atoms with Gasteiger partial charge in [-0.25, -0.2) is 13.5 Å². The van der Waals surface area contributed by atoms with Crippen molar-refractivity contribution in [2.75, 3.05) is 11.9 Å². The number of carbonyl (C=O) groups is 1. The van der Waals surface area contributed by atoms with Crippen molar-refractivity contribution in [3.63, 3.8) is 0 Å². The van der Waals surface area contributed by atoms with E-state index in [9.17, 15) is 13.6 Å². The molecule has 2 aliphatic carbocycles. The zero-order valence-electron chi connectivity index (χ0n) is 10.7. The molecule has 1 amide bonds. The van der Waals surface area contributed by atoms with E-state index in [1.807, 2.05) is 6.07 Å². The third-order valence-electron chi connectivity index (χ3n) is 4.83. The summed E-state index contributed by atoms with van der Waals surface area (Å²) < 4.78 is 28.4. The Balaban J connectivity index is 1.66. The van der Waals surface area contributed by atoms with E-state index in [4.69, 9.17) is 0 Å². The van der Waals surface area contributed by atoms with Crippen LogP contribution in [0.15, 0.2) is 6.07 Å². The van der Waals surface area contributed by atoms with E-state index in [2.05, 4.69) is 5.10 Å². The molecular formula is C13H15F2N3O. The molecule has 0 N–H and O–H groups in total. The molecule has 2 heterocycles. The van der Waals surface area contributed by atoms with Gasteiger partial charge in [0.15, 0.2) is 0 Å². The molecule has 1 aromatic rings. The number of hydrogen-bond donors (Lipinski definition) is 0. The number of nitrogens with zero attached hydrogens (tertiary/aromatic N) is 3. The van der Waals surface area contributed by atoms with Crippen LogP contribution in [0, 0.1) is 5.41 Å². The molecule has 19 heavy (non-hydrogen) atoms. The Hall–Kier alpha value is -1.46. The van der Waals surface area contributed by atoms with Crippen molar-refractivity contribution in [2.24, 2.45) is 5.41 Å². The van der Waals surface area contributed by atoms with Crippen molar-refractivity contribution >= 4 is 11.7 Å². The van der Waals surface area contributed by atoms with Crippen molar-refractivity contribution in [3.05, 3.63) is 11.8 Å². The Labute approximate surface area is 109 Å². The van der Waals surface area contributed by atoms with Crippen LogP contribution in [-0.4, -0.2) is 28.7 Å². The highest BCUT2D eigenvalue weighted by Gasteiger charge is 2.84. The summed E-state index contributed by atoms with van der Waals surface area (Å²) in [6, 6.07) is 1.82. The van der Waals surface area contributed by atoms with Crippen LogP contribution in [0.2, 0.25) is 0 Å². The summed E-state index contributed by atoms with van der Waals surface area (Å²) in [7, 11) is 1.72. The van der Waals surface area contributed by atoms with Crippen LogP contribution in [0.3, 0.4) is 0 Å². The van der Waals surface area contributed by atoms with E-state index < -0.39 is 11.3 Å². The maximum atomic E-state index is 13.3. The summed E-state index contributed by atoms with van der Waals surface area (Å²) in [4.78, 5) is 13.4. The summed E-state index contributed by atoms with van der Waals surface area (Å²) in [5.74, 6) is -1.82. The third kappa shape index (κ3) is 1.37. The Kier molecular flexibility index (Phi) is 1.89. The maximum Gasteiger partial charge on any atom is 0.255 e. The van der Waals surface area contributed by atoms with E-state index >= 15 is 0 Å². The molecule has 2 atom stereocenters. The number of anilines is 1. The van der Waals surface area contributed by atoms with E-state index in [1.165, 1.54) is 0 Å². The predicted molar refractivity (Wildman–Crippen MR) is 64.2 cm³/mol. The summed E-state index contributed by atoms with van der Waals surface area (Å²) in [5.41, 5.74) is -0.0652. The zero-order chi connectivity index (χ0) is 13.4. The van der Waals surface area contributed by atoms with Crippen molar-refractivity contribution in [1.29, 1.82) is 0 Å². The Morgan fingerprint density at radius 2 is 2.21 bits per heavy atom. The number of amides is 1. The molecular weight excluding hydrogens is 252 g/mol. The highest BCUT2D eigenvalue weighted by atomic mass is 19.3. The summed E-state index contributed by atoms with van der Waals surface area (Å²) >= 11 is 0. The van der Waals surface area contributed by atoms with Gasteiger partial charge in [-0.1, -0.05) is 0 Å². The molecule has 102 valence electrons. The topological polar surface area (TPSA) is 38.1 Å². The fraction of sp³-hybridized carbons (Fsp3) is 0.692. The monoisotopic (exact) mass is 267 g/mol. The molecule has 6 heteroatoms. The van der Waals surface area contributed by atoms with Crippen LogP contribution in [0.4, 0.5) is 14.6 Å². The maximum absolute atomic E-state index is 13.3. The molecule has 0 bridgehead atoms. The largest absolute Gasteiger partial charge is 0.300 e. The van der Waals surface area contributed by atoms with Crippen LogP contribution in [0.5, 0.6) is 0 Å². The molecule has 0 aromatic carbocycles. The molecule has 1 unspecified atom stereocenters. The van der Waals surface area contributed by atoms with Gasteiger partial charge >= 0.3 is 0 Å². The number of rotatable bonds is 1. The molecule has 0 saturated heterocycles. The number of aromatic nitrogens is 2. The average molecular weight is 267 g/mol. The van der Waals surface area contributed by atoms with Gasteiger partial charge in [0.05, 0.1) is 5.69 Å². The van der Waals surface area contributed by atoms with Gasteiger partial charge < -0.3 is 4.90 Å². The van der Waals surface area contributed by atoms with Crippen LogP contribution in [0.25, 0.3) is 0 Å². The third-order valence-corrected chi connectivity index (χ3v) is 4.83. The Morgan fingerprint density at radius 3 is 2.84 bits per heavy atom. The first-order valence-corrected chi connectivity index (χ1v) is 6.67. The molecule has 4 rings (SSSR count). The lowest BCUT2D eigenvalue weighted by Crippen LogP contribution is -2.25. The molecule has 1 spiro atoms. The first kappa shape index (κ1) is 11.4. The normalized spacial score (nSPS) is 35.2. The van der Waals surface area contributed by atoms with Crippen LogP contribution in [0.1, 0.15) is 37.3 Å². The van der Waals surface area contributed by atoms with E-state index in [-0.39, 0.29) is 18.2 Å². The lowest BCUT2D eigenvalue weighted by molar-refractivity contribution is -0.118. The van der Waals surface area contributed by atoms with Gasteiger partial charge in [-0.2, -0.15) is 5.10 Å². The standard InChI is InChI=1S/C13H15F2N3O/c1-17-10-5-9(8-6-12(8)7-13(12,14)15)16-18(10)4-2-3-11(17)19/h5,8H,2-4,6-7H2,1H3/t8-,12?/m1/s1. The number of hydrogen-bond acceptors (Lipinski definition) is 2. The second kappa shape index (κ2) is 3.16. The van der Waals surface area contributed by atoms with Gasteiger partial charge in [0.1, 0.15) is 5.82 Å². The molecule has 0 radical (unpaired) electrons. The Bertz CT molecular complexity index is 582. The van der Waals surface area contributed by atoms with Gasteiger partial charge in [0.25, 0.3) is 5.92 Å². The highest BCUT2D eigenvalue weighted by molar-refractivity contribution is 5.92. The number of fused-ring (bicyclic) bond motifs is 1. The van der Waals surface area contributed by atoms with Crippen LogP contribution < -0.4 is 4.90 Å². The minimum absolute atomic E-state index is 0.00162. The fourth-order valence-electron chi connectivity index (χ4n) is 3.35. The van der Waals surface area contributed by atoms with Crippen molar-refractivity contribution in [3.8, 4) is 0 Å². The lowest BCUT2D eigenvalue weighted by atomic mass is 10.2. The van der Waals surface area contributed by atoms with Gasteiger partial charge in [-0.05, 0) is 12.8 Å². The first-order valence-electron chi connectivity index (χ1n) is 6.67. The predicted octanol–water partition coefficient (Wildman–Crippen LogP) is 2.15. The molecule has 2 saturated carbocycles. The zero-order valence-corrected chi connectivity index (χ0v) is 10.7.